The van der Waals surface area contributed by atoms with Crippen LogP contribution in [0.5, 0.6) is 0 Å². The van der Waals surface area contributed by atoms with E-state index in [-0.39, 0.29) is 38.5 Å². The van der Waals surface area contributed by atoms with E-state index in [1.165, 1.54) is 14.0 Å². The molecule has 0 saturated carbocycles. The molecule has 0 heterocycles. The third kappa shape index (κ3) is 22.8. The number of carboxylic acid groups (broad SMARTS) is 1. The number of hydrogen-bond donors (Lipinski definition) is 12. The fourth-order valence-corrected chi connectivity index (χ4v) is 9.10. The van der Waals surface area contributed by atoms with Crippen LogP contribution in [0.2, 0.25) is 0 Å². The van der Waals surface area contributed by atoms with Gasteiger partial charge in [0.15, 0.2) is 0 Å². The molecule has 5 rings (SSSR count). The van der Waals surface area contributed by atoms with Gasteiger partial charge >= 0.3 is 0 Å². The van der Waals surface area contributed by atoms with Crippen LogP contribution in [0.1, 0.15) is 60.4 Å². The van der Waals surface area contributed by atoms with Crippen LogP contribution in [0, 0.1) is 0 Å². The summed E-state index contributed by atoms with van der Waals surface area (Å²) in [5.41, 5.74) is 12.8. The third-order valence-electron chi connectivity index (χ3n) is 13.8. The van der Waals surface area contributed by atoms with E-state index < -0.39 is 127 Å². The molecule has 0 aliphatic heterocycles. The minimum Gasteiger partial charge on any atom is -0.550 e. The molecule has 0 bridgehead atoms. The summed E-state index contributed by atoms with van der Waals surface area (Å²) in [6.07, 6.45) is 0.123. The second-order valence-electron chi connectivity index (χ2n) is 20.5. The quantitative estimate of drug-likeness (QED) is 0.0191. The van der Waals surface area contributed by atoms with Crippen molar-refractivity contribution in [2.45, 2.75) is 119 Å². The number of aliphatic carboxylic acids is 1. The van der Waals surface area contributed by atoms with Gasteiger partial charge in [-0.05, 0) is 67.5 Å². The van der Waals surface area contributed by atoms with Gasteiger partial charge < -0.3 is 74.3 Å². The standard InChI is InChI=1S/C62H77N11O12/c1-39(66-58(81)48(34-42-24-12-5-13-25-42)70-61(84)51(37-53(75)76)72-57(80)47(65-2)33-41-22-10-4-11-23-41)55(78)69-49(35-43-26-14-6-15-27-43)60(83)73-52(38-74)62(85)71-50(36-44-28-16-7-17-29-44)59(82)67-45(30-18-19-31-63)56(79)68-46(54(64)77)32-40-20-8-3-9-21-40/h3-17,20-29,39,45-52,65,74H,18-19,30-38,63H2,1-2H3,(H2,64,77)(H,66,81)(H,67,82)(H,68,79)(H,69,78)(H,70,84)(H,71,85)(H,72,80)(H,73,83)(H,75,76)/t39-,45-,46?,47?,48?,49?,50?,51-,52-/m0/s1. The monoisotopic (exact) mass is 1170 g/mol. The van der Waals surface area contributed by atoms with Crippen molar-refractivity contribution in [1.82, 2.24) is 47.9 Å². The Kier molecular flexibility index (Phi) is 27.3. The summed E-state index contributed by atoms with van der Waals surface area (Å²) >= 11 is 0. The summed E-state index contributed by atoms with van der Waals surface area (Å²) < 4.78 is 0. The van der Waals surface area contributed by atoms with Crippen molar-refractivity contribution in [3.05, 3.63) is 179 Å². The Hall–Kier alpha value is -9.32. The third-order valence-corrected chi connectivity index (χ3v) is 13.8. The lowest BCUT2D eigenvalue weighted by Crippen LogP contribution is -2.61. The van der Waals surface area contributed by atoms with E-state index in [2.05, 4.69) is 53.6 Å². The van der Waals surface area contributed by atoms with Crippen LogP contribution in [-0.2, 0) is 80.0 Å². The predicted molar refractivity (Wildman–Crippen MR) is 312 cm³/mol. The number of aliphatic hydroxyl groups is 1. The number of nitrogens with one attached hydrogen (secondary N) is 9. The van der Waals surface area contributed by atoms with Crippen LogP contribution in [0.4, 0.5) is 0 Å². The number of amides is 9. The average Bonchev–Trinajstić information content (AvgIpc) is 3.53. The van der Waals surface area contributed by atoms with E-state index in [9.17, 15) is 58.2 Å². The van der Waals surface area contributed by atoms with Gasteiger partial charge in [-0.25, -0.2) is 0 Å². The minimum atomic E-state index is -1.71. The lowest BCUT2D eigenvalue weighted by atomic mass is 10.0. The Bertz CT molecular complexity index is 2980. The fourth-order valence-electron chi connectivity index (χ4n) is 9.10. The number of carbonyl (C=O) groups excluding carboxylic acids is 10. The molecule has 0 saturated heterocycles. The topological polar surface area (TPSA) is 376 Å². The number of benzene rings is 5. The first-order valence-electron chi connectivity index (χ1n) is 28.1. The minimum absolute atomic E-state index is 0.0843. The maximum Gasteiger partial charge on any atom is 0.245 e. The van der Waals surface area contributed by atoms with E-state index in [4.69, 9.17) is 5.73 Å². The summed E-state index contributed by atoms with van der Waals surface area (Å²) in [6, 6.07) is 31.1. The van der Waals surface area contributed by atoms with Gasteiger partial charge in [0, 0.05) is 38.1 Å². The lowest BCUT2D eigenvalue weighted by molar-refractivity contribution is -0.368. The van der Waals surface area contributed by atoms with Gasteiger partial charge in [-0.15, -0.1) is 0 Å². The summed E-state index contributed by atoms with van der Waals surface area (Å²) in [6.45, 7) is 0.876. The van der Waals surface area contributed by atoms with Crippen molar-refractivity contribution in [1.29, 1.82) is 0 Å². The second-order valence-corrected chi connectivity index (χ2v) is 20.5. The van der Waals surface area contributed by atoms with Gasteiger partial charge in [0.2, 0.25) is 53.2 Å². The molecule has 5 aromatic carbocycles. The smallest absolute Gasteiger partial charge is 0.245 e. The molecular formula is C62H77N11O12. The first-order chi connectivity index (χ1) is 40.9. The highest BCUT2D eigenvalue weighted by Gasteiger charge is 2.35. The molecule has 9 atom stereocenters. The largest absolute Gasteiger partial charge is 0.550 e. The number of likely N-dealkylation sites (N-methyl/N-ethyl adjacent to an activating group) is 1. The van der Waals surface area contributed by atoms with Gasteiger partial charge in [0.1, 0.15) is 48.3 Å². The number of primary amides is 1. The molecule has 0 aliphatic carbocycles. The molecule has 0 radical (unpaired) electrons. The van der Waals surface area contributed by atoms with Crippen LogP contribution in [0.25, 0.3) is 0 Å². The Labute approximate surface area is 493 Å². The molecular weight excluding hydrogens is 1090 g/mol. The van der Waals surface area contributed by atoms with Crippen molar-refractivity contribution >= 4 is 59.1 Å². The van der Waals surface area contributed by atoms with E-state index in [1.54, 1.807) is 152 Å². The van der Waals surface area contributed by atoms with E-state index >= 15 is 0 Å². The van der Waals surface area contributed by atoms with Crippen molar-refractivity contribution in [3.8, 4) is 0 Å². The molecule has 0 spiro atoms. The highest BCUT2D eigenvalue weighted by Crippen LogP contribution is 2.12. The number of hydrogen-bond acceptors (Lipinski definition) is 13. The number of nitrogens with two attached hydrogens (primary N) is 1. The Balaban J connectivity index is 1.32. The van der Waals surface area contributed by atoms with Crippen LogP contribution in [0.3, 0.4) is 0 Å². The molecule has 0 aromatic heterocycles. The van der Waals surface area contributed by atoms with Gasteiger partial charge in [0.05, 0.1) is 19.2 Å². The zero-order chi connectivity index (χ0) is 61.7. The highest BCUT2D eigenvalue weighted by atomic mass is 16.4. The maximum absolute atomic E-state index is 14.3. The average molecular weight is 1170 g/mol. The fraction of sp³-hybridized carbons (Fsp3) is 0.355. The number of rotatable bonds is 35. The second kappa shape index (κ2) is 35.0. The molecule has 85 heavy (non-hydrogen) atoms. The first kappa shape index (κ1) is 66.5. The van der Waals surface area contributed by atoms with Crippen LogP contribution < -0.4 is 64.4 Å². The zero-order valence-electron chi connectivity index (χ0n) is 47.6. The number of carbonyl (C=O) groups is 10. The van der Waals surface area contributed by atoms with Crippen molar-refractivity contribution in [2.75, 3.05) is 20.2 Å². The van der Waals surface area contributed by atoms with Crippen LogP contribution in [-0.4, -0.2) is 139 Å². The Morgan fingerprint density at radius 3 is 1.08 bits per heavy atom. The number of aliphatic hydroxyl groups excluding tert-OH is 1. The lowest BCUT2D eigenvalue weighted by Gasteiger charge is -2.27. The SMILES string of the molecule is CNC(Cc1ccccc1)C(=O)N[C@@H](CC(=O)[O-])C(=O)NC(Cc1ccccc1)C(=O)N[C@@H](C)C(=O)NC(Cc1ccccc1)C(=O)N[C@@H](CO)C(=O)NC(Cc1ccccc1)C(=O)N[C@@H](CCCC[NH3+])C(=O)NC(Cc1ccccc1)C(N)=O. The number of unbranched alkanes of at least 4 members (excludes halogenated alkanes) is 1. The summed E-state index contributed by atoms with van der Waals surface area (Å²) in [5, 5.41) is 46.1. The van der Waals surface area contributed by atoms with Gasteiger partial charge in [-0.3, -0.25) is 43.2 Å². The summed E-state index contributed by atoms with van der Waals surface area (Å²) in [7, 11) is 1.53. The normalized spacial score (nSPS) is 14.1. The van der Waals surface area contributed by atoms with Gasteiger partial charge in [-0.2, -0.15) is 0 Å². The zero-order valence-corrected chi connectivity index (χ0v) is 47.6. The Morgan fingerprint density at radius 2 is 0.706 bits per heavy atom. The van der Waals surface area contributed by atoms with Gasteiger partial charge in [-0.1, -0.05) is 152 Å². The van der Waals surface area contributed by atoms with Crippen LogP contribution in [0.15, 0.2) is 152 Å². The van der Waals surface area contributed by atoms with E-state index in [1.807, 2.05) is 0 Å². The predicted octanol–water partition coefficient (Wildman–Crippen LogP) is -2.28. The molecule has 0 aliphatic rings. The molecule has 23 heteroatoms. The maximum atomic E-state index is 14.3. The Morgan fingerprint density at radius 1 is 0.412 bits per heavy atom. The molecule has 23 nitrogen and oxygen atoms in total. The van der Waals surface area contributed by atoms with Crippen molar-refractivity contribution < 1.29 is 63.9 Å². The van der Waals surface area contributed by atoms with E-state index in [0.717, 1.165) is 11.1 Å². The number of carboxylic acids is 1. The van der Waals surface area contributed by atoms with Crippen molar-refractivity contribution in [2.24, 2.45) is 5.73 Å². The molecule has 15 N–H and O–H groups in total. The summed E-state index contributed by atoms with van der Waals surface area (Å²) in [5.74, 6) is -9.42. The molecule has 452 valence electrons. The van der Waals surface area contributed by atoms with Crippen LogP contribution >= 0.6 is 0 Å². The van der Waals surface area contributed by atoms with Gasteiger partial charge in [0.25, 0.3) is 0 Å². The molecule has 5 aromatic rings. The highest BCUT2D eigenvalue weighted by molar-refractivity contribution is 5.99. The molecule has 9 amide bonds. The first-order valence-corrected chi connectivity index (χ1v) is 28.1. The number of quaternary nitrogens is 1. The van der Waals surface area contributed by atoms with Crippen molar-refractivity contribution in [3.63, 3.8) is 0 Å². The van der Waals surface area contributed by atoms with E-state index in [0.29, 0.717) is 36.1 Å². The molecule has 5 unspecified atom stereocenters. The summed E-state index contributed by atoms with van der Waals surface area (Å²) in [4.78, 5) is 137. The molecule has 0 fully saturated rings.